The van der Waals surface area contributed by atoms with Crippen molar-refractivity contribution in [1.82, 2.24) is 0 Å². The summed E-state index contributed by atoms with van der Waals surface area (Å²) in [5, 5.41) is 17.3. The molecule has 0 amide bonds. The molecule has 0 bridgehead atoms. The second-order valence-electron chi connectivity index (χ2n) is 13.3. The number of alkyl halides is 3. The first-order valence-corrected chi connectivity index (χ1v) is 48.9. The van der Waals surface area contributed by atoms with Crippen LogP contribution in [0.15, 0.2) is 49.8 Å². The molecule has 0 saturated carbocycles. The van der Waals surface area contributed by atoms with E-state index < -0.39 is 76.8 Å². The Balaban J connectivity index is -0.000000415. The number of ether oxygens (including phenoxy) is 2. The first kappa shape index (κ1) is 68.8. The van der Waals surface area contributed by atoms with Crippen molar-refractivity contribution >= 4 is 169 Å². The number of phenols is 1. The maximum absolute atomic E-state index is 13.6. The van der Waals surface area contributed by atoms with Crippen molar-refractivity contribution in [3.8, 4) is 17.2 Å². The number of rotatable bonds is 13. The van der Waals surface area contributed by atoms with Gasteiger partial charge in [-0.1, -0.05) is 0 Å². The Morgan fingerprint density at radius 3 is 1.15 bits per heavy atom. The summed E-state index contributed by atoms with van der Waals surface area (Å²) in [4.78, 5) is 8.87. The van der Waals surface area contributed by atoms with Crippen LogP contribution in [0.25, 0.3) is 0 Å². The van der Waals surface area contributed by atoms with Crippen LogP contribution in [-0.4, -0.2) is 122 Å². The molecule has 328 valence electrons. The molecule has 60 heavy (non-hydrogen) atoms. The Kier molecular flexibility index (Phi) is 44.0. The second-order valence-corrected chi connectivity index (χ2v) is 41.6. The van der Waals surface area contributed by atoms with Crippen LogP contribution in [0.1, 0.15) is 56.8 Å². The SMILES string of the molecule is C[CH](C)[Ge]([CH2]Cl)([CH2]Cl)[CH](C)C.C[CH](C)[Ge]([CH2]Oc1cc(F)c(F)cc1Br)([CH2]Oc1cc(F)c(F)cc1Br)[CH](C)C.O=[P+]([O-])O[O-].Oc1cc(F)c(F)cc1Br.[2H]CF.[K+].[K][K]. The van der Waals surface area contributed by atoms with Crippen LogP contribution in [0.4, 0.5) is 30.7 Å². The van der Waals surface area contributed by atoms with Gasteiger partial charge in [-0.15, -0.1) is 0 Å². The molecule has 3 aromatic rings. The van der Waals surface area contributed by atoms with Gasteiger partial charge >= 0.3 is 394 Å². The van der Waals surface area contributed by atoms with Gasteiger partial charge in [0.05, 0.1) is 13.0 Å². The summed E-state index contributed by atoms with van der Waals surface area (Å²) in [6, 6.07) is 5.65. The molecule has 0 aromatic heterocycles. The van der Waals surface area contributed by atoms with Crippen molar-refractivity contribution in [3.05, 3.63) is 84.7 Å². The van der Waals surface area contributed by atoms with Crippen molar-refractivity contribution < 1.29 is 117 Å². The summed E-state index contributed by atoms with van der Waals surface area (Å²) in [6.07, 6.45) is 0. The van der Waals surface area contributed by atoms with Gasteiger partial charge in [0, 0.05) is 6.07 Å². The molecule has 3 aromatic carbocycles. The van der Waals surface area contributed by atoms with E-state index >= 15 is 0 Å². The van der Waals surface area contributed by atoms with Gasteiger partial charge in [-0.05, 0) is 26.6 Å². The van der Waals surface area contributed by atoms with E-state index in [2.05, 4.69) is 108 Å². The molecular weight excluding hydrogens is 1270 g/mol. The Bertz CT molecular complexity index is 1600. The third-order valence-electron chi connectivity index (χ3n) is 9.09. The summed E-state index contributed by atoms with van der Waals surface area (Å²) in [5.41, 5.74) is 0.667. The van der Waals surface area contributed by atoms with E-state index in [9.17, 15) is 30.7 Å². The number of halogens is 12. The number of benzene rings is 3. The summed E-state index contributed by atoms with van der Waals surface area (Å²) in [6.45, 7) is 17.4. The predicted octanol–water partition coefficient (Wildman–Crippen LogP) is 8.94. The zero-order valence-electron chi connectivity index (χ0n) is 36.2. The molecule has 1 N–H and O–H groups in total. The fourth-order valence-electron chi connectivity index (χ4n) is 4.86. The average Bonchev–Trinajstić information content (AvgIpc) is 3.17. The van der Waals surface area contributed by atoms with Crippen LogP contribution in [0.3, 0.4) is 0 Å². The van der Waals surface area contributed by atoms with E-state index in [4.69, 9.17) is 53.9 Å². The number of aromatic hydroxyl groups is 1. The molecule has 0 fully saturated rings. The number of phenolic OH excluding ortho intramolecular Hbond substituents is 1. The molecule has 0 aliphatic heterocycles. The topological polar surface area (TPSA) is 111 Å². The third-order valence-corrected chi connectivity index (χ3v) is 40.5. The van der Waals surface area contributed by atoms with Crippen molar-refractivity contribution in [2.45, 2.75) is 74.4 Å². The molecule has 0 radical (unpaired) electrons. The molecule has 7 nitrogen and oxygen atoms in total. The monoisotopic (exact) mass is 1310 g/mol. The minimum atomic E-state index is -3.15. The first-order chi connectivity index (χ1) is 27.8. The molecular formula is C35H46Br3Cl2F7Ge2K3O7P. The molecule has 3 rings (SSSR count). The third kappa shape index (κ3) is 25.4. The van der Waals surface area contributed by atoms with E-state index in [1.165, 1.54) is 63.2 Å². The number of hydrogen-bond acceptors (Lipinski definition) is 7. The molecule has 0 heterocycles. The normalized spacial score (nSPS) is 11.2. The molecule has 0 saturated heterocycles. The van der Waals surface area contributed by atoms with Gasteiger partial charge in [-0.2, -0.15) is 0 Å². The minimum absolute atomic E-state index is 0. The van der Waals surface area contributed by atoms with Gasteiger partial charge < -0.3 is 15.3 Å². The number of hydrogen-bond donors (Lipinski definition) is 1. The fourth-order valence-corrected chi connectivity index (χ4v) is 27.0. The standard InChI is InChI=1S/C20H22Br2F4GeO2.C8H18Cl2Ge.C6H3BrF2O.CH3F.3K.HO4P/c1-11(2)27(12(3)4,9-28-19-7-17(25)15(23)5-13(19)21)10-29-20-8-18(26)16(24)6-14(20)22;1-7(2)11(5-9,6-10)8(3)4;7-3-1-4(8)5(9)2-6(3)10;1-2;;;;1-4-5(2)3/h5-8,11-12H,9-10H2,1-4H3;7-8H,5-6H2,1-4H3;1-2,10H;1H3;;;;1H/q;;;;;;+1;/p-1/i;;;1D;;;;. The molecule has 25 heteroatoms. The average molecular weight is 1320 g/mol. The van der Waals surface area contributed by atoms with Crippen molar-refractivity contribution in [2.24, 2.45) is 0 Å². The van der Waals surface area contributed by atoms with Gasteiger partial charge in [-0.25, -0.2) is 13.5 Å². The zero-order chi connectivity index (χ0) is 47.7. The molecule has 0 aliphatic carbocycles. The van der Waals surface area contributed by atoms with Gasteiger partial charge in [0.2, 0.25) is 0 Å². The summed E-state index contributed by atoms with van der Waals surface area (Å²) < 4.78 is 122. The molecule has 1 atom stereocenters. The van der Waals surface area contributed by atoms with Gasteiger partial charge in [-0.3, -0.25) is 4.39 Å². The zero-order valence-corrected chi connectivity index (χ0v) is 55.9. The van der Waals surface area contributed by atoms with Gasteiger partial charge in [0.25, 0.3) is 0 Å². The van der Waals surface area contributed by atoms with E-state index in [0.29, 0.717) is 25.9 Å². The second kappa shape index (κ2) is 38.3. The van der Waals surface area contributed by atoms with Crippen molar-refractivity contribution in [3.63, 3.8) is 0 Å². The van der Waals surface area contributed by atoms with E-state index in [1.807, 2.05) is 0 Å². The van der Waals surface area contributed by atoms with E-state index in [0.717, 1.165) is 49.3 Å². The molecule has 0 aliphatic rings. The van der Waals surface area contributed by atoms with Gasteiger partial charge in [0.1, 0.15) is 5.75 Å². The Hall–Kier alpha value is 4.56. The Labute approximate surface area is 479 Å². The summed E-state index contributed by atoms with van der Waals surface area (Å²) in [5.74, 6) is -5.81. The summed E-state index contributed by atoms with van der Waals surface area (Å²) >= 11 is 18.9. The predicted molar refractivity (Wildman–Crippen MR) is 235 cm³/mol. The molecule has 1 unspecified atom stereocenters. The fraction of sp³-hybridized carbons (Fsp3) is 0.486. The van der Waals surface area contributed by atoms with E-state index in [1.54, 1.807) is 0 Å². The quantitative estimate of drug-likeness (QED) is 0.0346. The first-order valence-electron chi connectivity index (χ1n) is 18.3. The Morgan fingerprint density at radius 2 is 0.933 bits per heavy atom. The van der Waals surface area contributed by atoms with Crippen LogP contribution < -0.4 is 71.0 Å². The van der Waals surface area contributed by atoms with Crippen LogP contribution in [-0.2, 0) is 9.24 Å². The van der Waals surface area contributed by atoms with Crippen LogP contribution in [0.5, 0.6) is 17.2 Å². The van der Waals surface area contributed by atoms with Crippen molar-refractivity contribution in [2.75, 3.05) is 27.5 Å². The maximum atomic E-state index is 13.6. The van der Waals surface area contributed by atoms with Crippen LogP contribution in [0, 0.1) is 34.9 Å². The van der Waals surface area contributed by atoms with Gasteiger partial charge in [0.15, 0.2) is 11.6 Å². The van der Waals surface area contributed by atoms with Crippen LogP contribution >= 0.6 is 79.2 Å². The van der Waals surface area contributed by atoms with Crippen molar-refractivity contribution in [1.29, 1.82) is 0 Å². The summed E-state index contributed by atoms with van der Waals surface area (Å²) in [7, 11) is -4.15. The Morgan fingerprint density at radius 1 is 0.683 bits per heavy atom. The van der Waals surface area contributed by atoms with E-state index in [-0.39, 0.29) is 82.6 Å². The van der Waals surface area contributed by atoms with Crippen LogP contribution in [0.2, 0.25) is 19.0 Å². The molecule has 0 spiro atoms.